The first kappa shape index (κ1) is 11.7. The molecule has 2 atom stereocenters. The van der Waals surface area contributed by atoms with Crippen LogP contribution in [0.25, 0.3) is 0 Å². The fraction of sp³-hybridized carbons (Fsp3) is 0.556. The van der Waals surface area contributed by atoms with Crippen molar-refractivity contribution in [2.75, 3.05) is 6.54 Å². The van der Waals surface area contributed by atoms with E-state index >= 15 is 0 Å². The highest BCUT2D eigenvalue weighted by atomic mass is 16.6. The maximum Gasteiger partial charge on any atom is 0.433 e. The second kappa shape index (κ2) is 4.90. The van der Waals surface area contributed by atoms with Gasteiger partial charge in [0.05, 0.1) is 12.2 Å². The van der Waals surface area contributed by atoms with Gasteiger partial charge in [-0.2, -0.15) is 0 Å². The molecule has 0 bridgehead atoms. The molecule has 1 rings (SSSR count). The van der Waals surface area contributed by atoms with Crippen LogP contribution in [0, 0.1) is 10.1 Å². The van der Waals surface area contributed by atoms with Gasteiger partial charge < -0.3 is 15.3 Å². The molecule has 6 nitrogen and oxygen atoms in total. The van der Waals surface area contributed by atoms with Crippen molar-refractivity contribution in [3.63, 3.8) is 0 Å². The van der Waals surface area contributed by atoms with Gasteiger partial charge in [0, 0.05) is 12.5 Å². The predicted molar refractivity (Wildman–Crippen MR) is 53.5 cm³/mol. The molecule has 0 aliphatic heterocycles. The van der Waals surface area contributed by atoms with Gasteiger partial charge in [0.15, 0.2) is 0 Å². The van der Waals surface area contributed by atoms with E-state index in [2.05, 4.69) is 0 Å². The van der Waals surface area contributed by atoms with Crippen molar-refractivity contribution in [2.24, 2.45) is 5.73 Å². The summed E-state index contributed by atoms with van der Waals surface area (Å²) in [6, 6.07) is 2.82. The molecule has 1 aromatic rings. The lowest BCUT2D eigenvalue weighted by Gasteiger charge is -2.12. The minimum absolute atomic E-state index is 0.182. The van der Waals surface area contributed by atoms with Crippen LogP contribution in [0.2, 0.25) is 0 Å². The van der Waals surface area contributed by atoms with Crippen LogP contribution in [0.1, 0.15) is 25.0 Å². The van der Waals surface area contributed by atoms with Crippen molar-refractivity contribution >= 4 is 5.88 Å². The number of nitro groups is 1. The molecule has 0 saturated heterocycles. The molecule has 0 spiro atoms. The Kier molecular flexibility index (Phi) is 3.81. The first-order valence-electron chi connectivity index (χ1n) is 4.66. The van der Waals surface area contributed by atoms with E-state index in [1.54, 1.807) is 6.92 Å². The van der Waals surface area contributed by atoms with Crippen molar-refractivity contribution in [1.82, 2.24) is 0 Å². The predicted octanol–water partition coefficient (Wildman–Crippen LogP) is 1.00. The molecule has 3 N–H and O–H groups in total. The standard InChI is InChI=1S/C9H14N2O4/c1-6(12)4-7(5-10)8-2-3-9(15-8)11(13)14/h2-3,6-7,12H,4-5,10H2,1H3. The van der Waals surface area contributed by atoms with Crippen molar-refractivity contribution in [1.29, 1.82) is 0 Å². The maximum absolute atomic E-state index is 10.4. The summed E-state index contributed by atoms with van der Waals surface area (Å²) in [5.41, 5.74) is 5.50. The number of furan rings is 1. The average Bonchev–Trinajstić information content (AvgIpc) is 2.62. The lowest BCUT2D eigenvalue weighted by atomic mass is 10.00. The van der Waals surface area contributed by atoms with Gasteiger partial charge in [0.2, 0.25) is 0 Å². The Morgan fingerprint density at radius 3 is 2.73 bits per heavy atom. The lowest BCUT2D eigenvalue weighted by Crippen LogP contribution is -2.16. The number of nitrogens with zero attached hydrogens (tertiary/aromatic N) is 1. The van der Waals surface area contributed by atoms with Gasteiger partial charge in [0.25, 0.3) is 0 Å². The summed E-state index contributed by atoms with van der Waals surface area (Å²) in [4.78, 5) is 9.78. The quantitative estimate of drug-likeness (QED) is 0.562. The maximum atomic E-state index is 10.4. The third-order valence-corrected chi connectivity index (χ3v) is 2.11. The highest BCUT2D eigenvalue weighted by Crippen LogP contribution is 2.25. The number of rotatable bonds is 5. The highest BCUT2D eigenvalue weighted by Gasteiger charge is 2.19. The molecule has 84 valence electrons. The smallest absolute Gasteiger partial charge is 0.406 e. The molecular weight excluding hydrogens is 200 g/mol. The fourth-order valence-electron chi connectivity index (χ4n) is 1.40. The van der Waals surface area contributed by atoms with Crippen LogP contribution >= 0.6 is 0 Å². The third-order valence-electron chi connectivity index (χ3n) is 2.11. The van der Waals surface area contributed by atoms with Gasteiger partial charge in [-0.3, -0.25) is 10.1 Å². The minimum atomic E-state index is -0.598. The summed E-state index contributed by atoms with van der Waals surface area (Å²) in [6.07, 6.45) is -0.0797. The van der Waals surface area contributed by atoms with Crippen LogP contribution in [0.3, 0.4) is 0 Å². The fourth-order valence-corrected chi connectivity index (χ4v) is 1.40. The summed E-state index contributed by atoms with van der Waals surface area (Å²) in [5.74, 6) is -0.0298. The minimum Gasteiger partial charge on any atom is -0.406 e. The average molecular weight is 214 g/mol. The number of aliphatic hydroxyl groups excluding tert-OH is 1. The first-order valence-corrected chi connectivity index (χ1v) is 4.66. The van der Waals surface area contributed by atoms with E-state index < -0.39 is 11.0 Å². The normalized spacial score (nSPS) is 14.9. The van der Waals surface area contributed by atoms with Gasteiger partial charge >= 0.3 is 5.88 Å². The van der Waals surface area contributed by atoms with Crippen molar-refractivity contribution < 1.29 is 14.4 Å². The molecule has 1 heterocycles. The van der Waals surface area contributed by atoms with Crippen LogP contribution in [0.5, 0.6) is 0 Å². The van der Waals surface area contributed by atoms with Crippen LogP contribution in [0.15, 0.2) is 16.5 Å². The number of aliphatic hydroxyl groups is 1. The summed E-state index contributed by atoms with van der Waals surface area (Å²) >= 11 is 0. The Morgan fingerprint density at radius 2 is 2.33 bits per heavy atom. The topological polar surface area (TPSA) is 103 Å². The van der Waals surface area contributed by atoms with E-state index in [9.17, 15) is 15.2 Å². The van der Waals surface area contributed by atoms with Crippen LogP contribution < -0.4 is 5.73 Å². The highest BCUT2D eigenvalue weighted by molar-refractivity contribution is 5.20. The van der Waals surface area contributed by atoms with E-state index in [-0.39, 0.29) is 18.3 Å². The van der Waals surface area contributed by atoms with Gasteiger partial charge in [-0.25, -0.2) is 0 Å². The van der Waals surface area contributed by atoms with Crippen molar-refractivity contribution in [2.45, 2.75) is 25.4 Å². The molecule has 0 aliphatic rings. The van der Waals surface area contributed by atoms with Crippen molar-refractivity contribution in [3.05, 3.63) is 28.0 Å². The molecule has 0 saturated carbocycles. The summed E-state index contributed by atoms with van der Waals surface area (Å²) < 4.78 is 5.01. The number of nitrogens with two attached hydrogens (primary N) is 1. The van der Waals surface area contributed by atoms with Crippen LogP contribution in [-0.2, 0) is 0 Å². The van der Waals surface area contributed by atoms with E-state index in [1.807, 2.05) is 0 Å². The Hall–Kier alpha value is -1.40. The molecule has 15 heavy (non-hydrogen) atoms. The van der Waals surface area contributed by atoms with Crippen LogP contribution in [0.4, 0.5) is 5.88 Å². The van der Waals surface area contributed by atoms with Gasteiger partial charge in [-0.1, -0.05) is 0 Å². The summed E-state index contributed by atoms with van der Waals surface area (Å²) in [5, 5.41) is 19.6. The Balaban J connectivity index is 2.78. The molecule has 6 heteroatoms. The molecule has 0 aromatic carbocycles. The molecule has 0 amide bonds. The van der Waals surface area contributed by atoms with E-state index in [1.165, 1.54) is 12.1 Å². The molecular formula is C9H14N2O4. The largest absolute Gasteiger partial charge is 0.433 e. The summed E-state index contributed by atoms with van der Waals surface area (Å²) in [7, 11) is 0. The molecule has 2 unspecified atom stereocenters. The second-order valence-corrected chi connectivity index (χ2v) is 3.45. The molecule has 1 aromatic heterocycles. The molecule has 0 fully saturated rings. The summed E-state index contributed by atoms with van der Waals surface area (Å²) in [6.45, 7) is 1.93. The number of hydrogen-bond donors (Lipinski definition) is 2. The lowest BCUT2D eigenvalue weighted by molar-refractivity contribution is -0.402. The monoisotopic (exact) mass is 214 g/mol. The van der Waals surface area contributed by atoms with E-state index in [4.69, 9.17) is 10.2 Å². The Morgan fingerprint density at radius 1 is 1.67 bits per heavy atom. The zero-order valence-corrected chi connectivity index (χ0v) is 8.42. The Labute approximate surface area is 86.8 Å². The van der Waals surface area contributed by atoms with E-state index in [0.29, 0.717) is 12.2 Å². The van der Waals surface area contributed by atoms with Gasteiger partial charge in [-0.05, 0) is 19.4 Å². The Bertz CT molecular complexity index is 335. The van der Waals surface area contributed by atoms with Gasteiger partial charge in [-0.15, -0.1) is 0 Å². The molecule has 0 radical (unpaired) electrons. The van der Waals surface area contributed by atoms with Crippen molar-refractivity contribution in [3.8, 4) is 0 Å². The zero-order chi connectivity index (χ0) is 11.4. The first-order chi connectivity index (χ1) is 7.04. The number of hydrogen-bond acceptors (Lipinski definition) is 5. The zero-order valence-electron chi connectivity index (χ0n) is 8.42. The SMILES string of the molecule is CC(O)CC(CN)c1ccc([N+](=O)[O-])o1. The molecule has 0 aliphatic carbocycles. The van der Waals surface area contributed by atoms with Gasteiger partial charge in [0.1, 0.15) is 10.7 Å². The second-order valence-electron chi connectivity index (χ2n) is 3.45. The van der Waals surface area contributed by atoms with Crippen LogP contribution in [-0.4, -0.2) is 22.7 Å². The third kappa shape index (κ3) is 3.03. The van der Waals surface area contributed by atoms with E-state index in [0.717, 1.165) is 0 Å².